The number of alkyl halides is 3. The topological polar surface area (TPSA) is 50.7 Å². The van der Waals surface area contributed by atoms with Crippen LogP contribution in [0.3, 0.4) is 0 Å². The molecule has 1 aromatic carbocycles. The van der Waals surface area contributed by atoms with Gasteiger partial charge in [-0.1, -0.05) is 25.1 Å². The van der Waals surface area contributed by atoms with Gasteiger partial charge < -0.3 is 0 Å². The van der Waals surface area contributed by atoms with Crippen molar-refractivity contribution in [3.05, 3.63) is 29.8 Å². The lowest BCUT2D eigenvalue weighted by Crippen LogP contribution is -2.12. The van der Waals surface area contributed by atoms with Crippen molar-refractivity contribution < 1.29 is 22.8 Å². The van der Waals surface area contributed by atoms with E-state index in [2.05, 4.69) is 15.3 Å². The fraction of sp³-hybridized carbons (Fsp3) is 0.385. The van der Waals surface area contributed by atoms with Gasteiger partial charge in [0.25, 0.3) is 0 Å². The molecule has 1 N–H and O–H groups in total. The zero-order chi connectivity index (χ0) is 15.2. The lowest BCUT2D eigenvalue weighted by atomic mass is 10.1. The molecule has 4 nitrogen and oxygen atoms in total. The molecule has 1 rings (SSSR count). The Balaban J connectivity index is 2.61. The van der Waals surface area contributed by atoms with Crippen molar-refractivity contribution in [2.75, 3.05) is 5.32 Å². The zero-order valence-corrected chi connectivity index (χ0v) is 11.1. The number of hydrogen-bond donors (Lipinski definition) is 1. The number of hydrogen-bond acceptors (Lipinski definition) is 3. The first-order valence-corrected chi connectivity index (χ1v) is 6.01. The number of carbonyl (C=O) groups excluding carboxylic acids is 1. The second-order valence-electron chi connectivity index (χ2n) is 4.22. The summed E-state index contributed by atoms with van der Waals surface area (Å²) in [5.41, 5.74) is -0.859. The second-order valence-corrected chi connectivity index (χ2v) is 4.22. The van der Waals surface area contributed by atoms with Crippen LogP contribution < -0.4 is 5.32 Å². The molecular formula is C13H15F3N2O2. The highest BCUT2D eigenvalue weighted by Gasteiger charge is 2.30. The SMILES string of the molecule is CC[C@@H](C)/C=N\OC(=O)Nc1cccc(C(F)(F)F)c1. The number of amides is 1. The first-order chi connectivity index (χ1) is 9.32. The Morgan fingerprint density at radius 3 is 2.80 bits per heavy atom. The van der Waals surface area contributed by atoms with Gasteiger partial charge in [-0.3, -0.25) is 10.2 Å². The maximum atomic E-state index is 12.5. The molecule has 1 aromatic rings. The molecule has 1 amide bonds. The maximum absolute atomic E-state index is 12.5. The van der Waals surface area contributed by atoms with Crippen LogP contribution in [-0.2, 0) is 11.0 Å². The van der Waals surface area contributed by atoms with Crippen molar-refractivity contribution in [1.82, 2.24) is 0 Å². The number of anilines is 1. The summed E-state index contributed by atoms with van der Waals surface area (Å²) in [6.07, 6.45) is -3.12. The van der Waals surface area contributed by atoms with Crippen molar-refractivity contribution in [3.8, 4) is 0 Å². The number of oxime groups is 1. The van der Waals surface area contributed by atoms with Crippen molar-refractivity contribution >= 4 is 18.0 Å². The number of rotatable bonds is 4. The largest absolute Gasteiger partial charge is 0.437 e. The molecule has 0 saturated heterocycles. The predicted molar refractivity (Wildman–Crippen MR) is 69.5 cm³/mol. The van der Waals surface area contributed by atoms with Crippen LogP contribution in [-0.4, -0.2) is 12.3 Å². The van der Waals surface area contributed by atoms with Gasteiger partial charge in [0, 0.05) is 11.9 Å². The molecule has 0 bridgehead atoms. The van der Waals surface area contributed by atoms with Crippen LogP contribution in [0.5, 0.6) is 0 Å². The zero-order valence-electron chi connectivity index (χ0n) is 11.1. The van der Waals surface area contributed by atoms with Crippen LogP contribution in [0.4, 0.5) is 23.7 Å². The van der Waals surface area contributed by atoms with E-state index in [0.717, 1.165) is 18.6 Å². The monoisotopic (exact) mass is 288 g/mol. The molecule has 1 atom stereocenters. The summed E-state index contributed by atoms with van der Waals surface area (Å²) in [7, 11) is 0. The average molecular weight is 288 g/mol. The van der Waals surface area contributed by atoms with Crippen LogP contribution in [0.15, 0.2) is 29.4 Å². The highest BCUT2D eigenvalue weighted by molar-refractivity contribution is 5.84. The van der Waals surface area contributed by atoms with Gasteiger partial charge in [-0.25, -0.2) is 4.79 Å². The van der Waals surface area contributed by atoms with Gasteiger partial charge in [0.05, 0.1) is 5.56 Å². The summed E-state index contributed by atoms with van der Waals surface area (Å²) < 4.78 is 37.4. The molecule has 0 unspecified atom stereocenters. The van der Waals surface area contributed by atoms with Crippen LogP contribution >= 0.6 is 0 Å². The summed E-state index contributed by atoms with van der Waals surface area (Å²) in [5.74, 6) is 0.149. The van der Waals surface area contributed by atoms with E-state index in [-0.39, 0.29) is 11.6 Å². The van der Waals surface area contributed by atoms with Crippen LogP contribution in [0.25, 0.3) is 0 Å². The highest BCUT2D eigenvalue weighted by Crippen LogP contribution is 2.30. The summed E-state index contributed by atoms with van der Waals surface area (Å²) in [5, 5.41) is 5.62. The fourth-order valence-electron chi connectivity index (χ4n) is 1.20. The van der Waals surface area contributed by atoms with E-state index in [1.807, 2.05) is 13.8 Å². The number of nitrogens with one attached hydrogen (secondary N) is 1. The summed E-state index contributed by atoms with van der Waals surface area (Å²) in [6.45, 7) is 3.83. The highest BCUT2D eigenvalue weighted by atomic mass is 19.4. The molecule has 0 aliphatic carbocycles. The number of halogens is 3. The molecule has 0 aromatic heterocycles. The van der Waals surface area contributed by atoms with Gasteiger partial charge >= 0.3 is 12.3 Å². The third-order valence-electron chi connectivity index (χ3n) is 2.53. The predicted octanol–water partition coefficient (Wildman–Crippen LogP) is 4.29. The molecule has 110 valence electrons. The molecule has 0 spiro atoms. The van der Waals surface area contributed by atoms with E-state index in [9.17, 15) is 18.0 Å². The minimum Gasteiger partial charge on any atom is -0.298 e. The van der Waals surface area contributed by atoms with Gasteiger partial charge in [0.2, 0.25) is 0 Å². The molecule has 20 heavy (non-hydrogen) atoms. The Morgan fingerprint density at radius 2 is 2.20 bits per heavy atom. The molecule has 0 saturated carbocycles. The molecule has 0 fully saturated rings. The Labute approximate surface area is 114 Å². The molecule has 0 aliphatic rings. The van der Waals surface area contributed by atoms with E-state index in [4.69, 9.17) is 0 Å². The standard InChI is InChI=1S/C13H15F3N2O2/c1-3-9(2)8-17-20-12(19)18-11-6-4-5-10(7-11)13(14,15)16/h4-9H,3H2,1-2H3,(H,18,19)/b17-8-/t9-/m1/s1. The van der Waals surface area contributed by atoms with Crippen molar-refractivity contribution in [2.45, 2.75) is 26.4 Å². The van der Waals surface area contributed by atoms with Gasteiger partial charge in [-0.05, 0) is 30.5 Å². The van der Waals surface area contributed by atoms with Gasteiger partial charge in [-0.15, -0.1) is 0 Å². The fourth-order valence-corrected chi connectivity index (χ4v) is 1.20. The first-order valence-electron chi connectivity index (χ1n) is 6.01. The van der Waals surface area contributed by atoms with Crippen molar-refractivity contribution in [2.24, 2.45) is 11.1 Å². The van der Waals surface area contributed by atoms with Crippen LogP contribution in [0, 0.1) is 5.92 Å². The summed E-state index contributed by atoms with van der Waals surface area (Å²) in [6, 6.07) is 4.26. The molecule has 0 heterocycles. The molecule has 7 heteroatoms. The van der Waals surface area contributed by atoms with Crippen molar-refractivity contribution in [1.29, 1.82) is 0 Å². The average Bonchev–Trinajstić information content (AvgIpc) is 2.37. The third kappa shape index (κ3) is 5.29. The summed E-state index contributed by atoms with van der Waals surface area (Å²) >= 11 is 0. The van der Waals surface area contributed by atoms with Gasteiger partial charge in [0.1, 0.15) is 0 Å². The van der Waals surface area contributed by atoms with Crippen LogP contribution in [0.1, 0.15) is 25.8 Å². The number of benzene rings is 1. The first kappa shape index (κ1) is 16.0. The molecule has 0 radical (unpaired) electrons. The number of nitrogens with zero attached hydrogens (tertiary/aromatic N) is 1. The van der Waals surface area contributed by atoms with E-state index >= 15 is 0 Å². The summed E-state index contributed by atoms with van der Waals surface area (Å²) in [4.78, 5) is 15.8. The second kappa shape index (κ2) is 6.93. The van der Waals surface area contributed by atoms with E-state index < -0.39 is 17.8 Å². The lowest BCUT2D eigenvalue weighted by Gasteiger charge is -2.08. The Bertz CT molecular complexity index is 487. The number of carbonyl (C=O) groups is 1. The smallest absolute Gasteiger partial charge is 0.298 e. The normalized spacial score (nSPS) is 13.2. The van der Waals surface area contributed by atoms with Gasteiger partial charge in [-0.2, -0.15) is 13.2 Å². The van der Waals surface area contributed by atoms with E-state index in [1.54, 1.807) is 0 Å². The van der Waals surface area contributed by atoms with E-state index in [1.165, 1.54) is 18.3 Å². The molecule has 0 aliphatic heterocycles. The Morgan fingerprint density at radius 1 is 1.50 bits per heavy atom. The van der Waals surface area contributed by atoms with Crippen molar-refractivity contribution in [3.63, 3.8) is 0 Å². The minimum absolute atomic E-state index is 0.0106. The van der Waals surface area contributed by atoms with Gasteiger partial charge in [0.15, 0.2) is 0 Å². The molecular weight excluding hydrogens is 273 g/mol. The minimum atomic E-state index is -4.46. The Hall–Kier alpha value is -2.05. The third-order valence-corrected chi connectivity index (χ3v) is 2.53. The lowest BCUT2D eigenvalue weighted by molar-refractivity contribution is -0.137. The van der Waals surface area contributed by atoms with E-state index in [0.29, 0.717) is 0 Å². The van der Waals surface area contributed by atoms with Crippen LogP contribution in [0.2, 0.25) is 0 Å². The quantitative estimate of drug-likeness (QED) is 0.510. The Kier molecular flexibility index (Phi) is 5.54. The maximum Gasteiger partial charge on any atom is 0.437 e.